The van der Waals surface area contributed by atoms with Gasteiger partial charge in [0.05, 0.1) is 28.5 Å². The van der Waals surface area contributed by atoms with Crippen LogP contribution in [0.4, 0.5) is 32.8 Å². The molecule has 0 radical (unpaired) electrons. The van der Waals surface area contributed by atoms with E-state index in [0.29, 0.717) is 11.4 Å². The number of nitro groups is 1. The number of carbonyl (C=O) groups excluding carboxylic acids is 1. The van der Waals surface area contributed by atoms with Gasteiger partial charge < -0.3 is 16.0 Å². The summed E-state index contributed by atoms with van der Waals surface area (Å²) in [5.74, 6) is -1.03. The summed E-state index contributed by atoms with van der Waals surface area (Å²) < 4.78 is 13.6. The first-order valence-corrected chi connectivity index (χ1v) is 8.42. The summed E-state index contributed by atoms with van der Waals surface area (Å²) in [6, 6.07) is 19.3. The SMILES string of the molecule is O=C(CNc1cc([N+](=O)[O-])ccc1Nc1ccccc1)Nc1ccccc1F. The Morgan fingerprint density at radius 3 is 2.36 bits per heavy atom. The zero-order valence-corrected chi connectivity index (χ0v) is 14.7. The lowest BCUT2D eigenvalue weighted by Gasteiger charge is -2.14. The second kappa shape index (κ2) is 8.63. The van der Waals surface area contributed by atoms with Crippen molar-refractivity contribution in [2.24, 2.45) is 0 Å². The van der Waals surface area contributed by atoms with Crippen molar-refractivity contribution in [1.29, 1.82) is 0 Å². The second-order valence-electron chi connectivity index (χ2n) is 5.86. The third kappa shape index (κ3) is 4.82. The van der Waals surface area contributed by atoms with Gasteiger partial charge in [-0.15, -0.1) is 0 Å². The number of nitrogens with one attached hydrogen (secondary N) is 3. The molecule has 0 saturated carbocycles. The van der Waals surface area contributed by atoms with Gasteiger partial charge in [0.2, 0.25) is 5.91 Å². The molecule has 0 bridgehead atoms. The Bertz CT molecular complexity index is 996. The normalized spacial score (nSPS) is 10.2. The van der Waals surface area contributed by atoms with Crippen molar-refractivity contribution in [2.75, 3.05) is 22.5 Å². The lowest BCUT2D eigenvalue weighted by atomic mass is 10.2. The molecular weight excluding hydrogens is 363 g/mol. The molecule has 0 aliphatic rings. The van der Waals surface area contributed by atoms with Crippen LogP contribution in [0.2, 0.25) is 0 Å². The van der Waals surface area contributed by atoms with Crippen LogP contribution in [-0.2, 0) is 4.79 Å². The fraction of sp³-hybridized carbons (Fsp3) is 0.0500. The van der Waals surface area contributed by atoms with Crippen molar-refractivity contribution < 1.29 is 14.1 Å². The van der Waals surface area contributed by atoms with E-state index in [1.54, 1.807) is 12.1 Å². The maximum absolute atomic E-state index is 13.6. The third-order valence-electron chi connectivity index (χ3n) is 3.85. The summed E-state index contributed by atoms with van der Waals surface area (Å²) in [7, 11) is 0. The summed E-state index contributed by atoms with van der Waals surface area (Å²) in [4.78, 5) is 22.7. The maximum atomic E-state index is 13.6. The molecule has 3 rings (SSSR count). The highest BCUT2D eigenvalue weighted by molar-refractivity contribution is 5.94. The molecule has 0 aliphatic carbocycles. The molecule has 0 heterocycles. The summed E-state index contributed by atoms with van der Waals surface area (Å²) in [5, 5.41) is 19.5. The molecule has 1 amide bonds. The fourth-order valence-corrected chi connectivity index (χ4v) is 2.51. The van der Waals surface area contributed by atoms with E-state index in [4.69, 9.17) is 0 Å². The van der Waals surface area contributed by atoms with E-state index in [9.17, 15) is 19.3 Å². The number of hydrogen-bond donors (Lipinski definition) is 3. The first-order valence-electron chi connectivity index (χ1n) is 8.42. The molecule has 7 nitrogen and oxygen atoms in total. The average molecular weight is 380 g/mol. The van der Waals surface area contributed by atoms with E-state index in [1.165, 1.54) is 30.3 Å². The van der Waals surface area contributed by atoms with E-state index >= 15 is 0 Å². The molecule has 0 aliphatic heterocycles. The highest BCUT2D eigenvalue weighted by Crippen LogP contribution is 2.29. The summed E-state index contributed by atoms with van der Waals surface area (Å²) >= 11 is 0. The number of amides is 1. The smallest absolute Gasteiger partial charge is 0.271 e. The first kappa shape index (κ1) is 18.8. The zero-order valence-electron chi connectivity index (χ0n) is 14.7. The second-order valence-corrected chi connectivity index (χ2v) is 5.86. The van der Waals surface area contributed by atoms with Gasteiger partial charge in [-0.1, -0.05) is 30.3 Å². The molecule has 0 spiro atoms. The molecule has 142 valence electrons. The number of carbonyl (C=O) groups is 1. The molecule has 3 aromatic carbocycles. The molecule has 0 atom stereocenters. The molecule has 8 heteroatoms. The third-order valence-corrected chi connectivity index (χ3v) is 3.85. The number of para-hydroxylation sites is 2. The van der Waals surface area contributed by atoms with Crippen LogP contribution in [0.5, 0.6) is 0 Å². The van der Waals surface area contributed by atoms with Crippen molar-refractivity contribution in [3.8, 4) is 0 Å². The average Bonchev–Trinajstić information content (AvgIpc) is 2.69. The number of benzene rings is 3. The number of nitro benzene ring substituents is 1. The van der Waals surface area contributed by atoms with E-state index in [0.717, 1.165) is 5.69 Å². The van der Waals surface area contributed by atoms with Gasteiger partial charge in [-0.25, -0.2) is 4.39 Å². The lowest BCUT2D eigenvalue weighted by Crippen LogP contribution is -2.22. The van der Waals surface area contributed by atoms with Crippen molar-refractivity contribution >= 4 is 34.3 Å². The molecule has 3 N–H and O–H groups in total. The highest BCUT2D eigenvalue weighted by Gasteiger charge is 2.13. The number of nitrogens with zero attached hydrogens (tertiary/aromatic N) is 1. The number of halogens is 1. The topological polar surface area (TPSA) is 96.3 Å². The minimum absolute atomic E-state index is 0.0657. The minimum atomic E-state index is -0.544. The molecule has 0 saturated heterocycles. The Labute approximate surface area is 160 Å². The molecule has 0 fully saturated rings. The highest BCUT2D eigenvalue weighted by atomic mass is 19.1. The van der Waals surface area contributed by atoms with E-state index in [-0.39, 0.29) is 17.9 Å². The van der Waals surface area contributed by atoms with Crippen molar-refractivity contribution in [3.05, 3.63) is 88.7 Å². The molecule has 0 aromatic heterocycles. The standard InChI is InChI=1S/C20H17FN4O3/c21-16-8-4-5-9-17(16)24-20(26)13-22-19-12-15(25(27)28)10-11-18(19)23-14-6-2-1-3-7-14/h1-12,22-23H,13H2,(H,24,26). The van der Waals surface area contributed by atoms with Crippen LogP contribution in [0.25, 0.3) is 0 Å². The van der Waals surface area contributed by atoms with Gasteiger partial charge >= 0.3 is 0 Å². The van der Waals surface area contributed by atoms with Crippen LogP contribution in [0, 0.1) is 15.9 Å². The van der Waals surface area contributed by atoms with E-state index < -0.39 is 16.6 Å². The summed E-state index contributed by atoms with van der Waals surface area (Å²) in [6.45, 7) is -0.195. The Hall–Kier alpha value is -3.94. The van der Waals surface area contributed by atoms with Crippen molar-refractivity contribution in [1.82, 2.24) is 0 Å². The first-order chi connectivity index (χ1) is 13.5. The molecular formula is C20H17FN4O3. The van der Waals surface area contributed by atoms with Crippen LogP contribution in [-0.4, -0.2) is 17.4 Å². The van der Waals surface area contributed by atoms with Gasteiger partial charge in [0.1, 0.15) is 5.82 Å². The largest absolute Gasteiger partial charge is 0.374 e. The van der Waals surface area contributed by atoms with Crippen molar-refractivity contribution in [3.63, 3.8) is 0 Å². The van der Waals surface area contributed by atoms with Gasteiger partial charge in [0.25, 0.3) is 5.69 Å². The molecule has 3 aromatic rings. The van der Waals surface area contributed by atoms with Crippen LogP contribution >= 0.6 is 0 Å². The summed E-state index contributed by atoms with van der Waals surface area (Å²) in [5.41, 5.74) is 1.68. The number of rotatable bonds is 7. The van der Waals surface area contributed by atoms with Gasteiger partial charge in [-0.2, -0.15) is 0 Å². The van der Waals surface area contributed by atoms with Crippen molar-refractivity contribution in [2.45, 2.75) is 0 Å². The Balaban J connectivity index is 1.75. The zero-order chi connectivity index (χ0) is 19.9. The van der Waals surface area contributed by atoms with Crippen LogP contribution in [0.15, 0.2) is 72.8 Å². The van der Waals surface area contributed by atoms with E-state index in [2.05, 4.69) is 16.0 Å². The Kier molecular flexibility index (Phi) is 5.81. The fourth-order valence-electron chi connectivity index (χ4n) is 2.51. The van der Waals surface area contributed by atoms with Gasteiger partial charge in [0.15, 0.2) is 0 Å². The van der Waals surface area contributed by atoms with Crippen LogP contribution < -0.4 is 16.0 Å². The van der Waals surface area contributed by atoms with Gasteiger partial charge in [-0.05, 0) is 30.3 Å². The number of anilines is 4. The monoisotopic (exact) mass is 380 g/mol. The minimum Gasteiger partial charge on any atom is -0.374 e. The Morgan fingerprint density at radius 2 is 1.64 bits per heavy atom. The molecule has 28 heavy (non-hydrogen) atoms. The predicted octanol–water partition coefficient (Wildman–Crippen LogP) is 4.53. The summed E-state index contributed by atoms with van der Waals surface area (Å²) in [6.07, 6.45) is 0. The quantitative estimate of drug-likeness (QED) is 0.413. The number of hydrogen-bond acceptors (Lipinski definition) is 5. The maximum Gasteiger partial charge on any atom is 0.271 e. The number of non-ortho nitro benzene ring substituents is 1. The van der Waals surface area contributed by atoms with Crippen LogP contribution in [0.1, 0.15) is 0 Å². The van der Waals surface area contributed by atoms with Crippen LogP contribution in [0.3, 0.4) is 0 Å². The predicted molar refractivity (Wildman–Crippen MR) is 106 cm³/mol. The van der Waals surface area contributed by atoms with E-state index in [1.807, 2.05) is 30.3 Å². The van der Waals surface area contributed by atoms with Gasteiger partial charge in [0, 0.05) is 17.8 Å². The molecule has 0 unspecified atom stereocenters. The Morgan fingerprint density at radius 1 is 0.929 bits per heavy atom. The van der Waals surface area contributed by atoms with Gasteiger partial charge in [-0.3, -0.25) is 14.9 Å². The lowest BCUT2D eigenvalue weighted by molar-refractivity contribution is -0.384.